The van der Waals surface area contributed by atoms with Gasteiger partial charge in [-0.15, -0.1) is 11.6 Å². The minimum atomic E-state index is -0.713. The Hall–Kier alpha value is -2.66. The van der Waals surface area contributed by atoms with Crippen LogP contribution < -0.4 is 5.56 Å². The first-order valence-corrected chi connectivity index (χ1v) is 11.8. The molecule has 0 aliphatic carbocycles. The molecule has 0 N–H and O–H groups in total. The highest BCUT2D eigenvalue weighted by molar-refractivity contribution is 6.19. The number of aryl methyl sites for hydroxylation is 1. The minimum absolute atomic E-state index is 0.0443. The Labute approximate surface area is 195 Å². The predicted molar refractivity (Wildman–Crippen MR) is 132 cm³/mol. The van der Waals surface area contributed by atoms with Crippen LogP contribution >= 0.6 is 11.6 Å². The van der Waals surface area contributed by atoms with Crippen molar-refractivity contribution < 1.29 is 4.79 Å². The summed E-state index contributed by atoms with van der Waals surface area (Å²) in [4.78, 5) is 33.7. The Kier molecular flexibility index (Phi) is 7.40. The quantitative estimate of drug-likeness (QED) is 0.422. The molecule has 0 fully saturated rings. The zero-order valence-electron chi connectivity index (χ0n) is 19.6. The van der Waals surface area contributed by atoms with Crippen molar-refractivity contribution in [1.29, 1.82) is 0 Å². The van der Waals surface area contributed by atoms with E-state index in [1.54, 1.807) is 15.5 Å². The predicted octanol–water partition coefficient (Wildman–Crippen LogP) is 5.51. The van der Waals surface area contributed by atoms with Crippen molar-refractivity contribution in [3.8, 4) is 5.69 Å². The number of fused-ring (bicyclic) bond motifs is 1. The number of para-hydroxylation sites is 1. The minimum Gasteiger partial charge on any atom is -0.332 e. The second-order valence-electron chi connectivity index (χ2n) is 8.84. The number of hydrogen-bond acceptors (Lipinski definition) is 3. The van der Waals surface area contributed by atoms with Gasteiger partial charge in [-0.1, -0.05) is 38.1 Å². The lowest BCUT2D eigenvalue weighted by Gasteiger charge is -2.35. The van der Waals surface area contributed by atoms with E-state index in [0.29, 0.717) is 23.3 Å². The summed E-state index contributed by atoms with van der Waals surface area (Å²) >= 11 is 6.12. The van der Waals surface area contributed by atoms with Crippen molar-refractivity contribution >= 4 is 28.4 Å². The highest BCUT2D eigenvalue weighted by atomic mass is 35.5. The molecule has 0 radical (unpaired) electrons. The molecule has 2 aromatic carbocycles. The van der Waals surface area contributed by atoms with E-state index in [4.69, 9.17) is 16.6 Å². The molecule has 0 saturated carbocycles. The summed E-state index contributed by atoms with van der Waals surface area (Å²) in [7, 11) is 0. The van der Waals surface area contributed by atoms with Gasteiger partial charge in [-0.3, -0.25) is 14.2 Å². The van der Waals surface area contributed by atoms with Gasteiger partial charge in [0, 0.05) is 12.4 Å². The van der Waals surface area contributed by atoms with Crippen molar-refractivity contribution in [1.82, 2.24) is 14.5 Å². The van der Waals surface area contributed by atoms with Crippen molar-refractivity contribution in [3.05, 3.63) is 70.3 Å². The van der Waals surface area contributed by atoms with Crippen LogP contribution in [0.3, 0.4) is 0 Å². The Bertz CT molecular complexity index is 1150. The SMILES string of the molecule is CCCN(C(=O)C(C)(C)CCl)C(C)c1nc2ccccc2c(=O)n1-c1ccc(CC)cc1. The number of nitrogens with zero attached hydrogens (tertiary/aromatic N) is 3. The van der Waals surface area contributed by atoms with Crippen LogP contribution in [-0.2, 0) is 11.2 Å². The van der Waals surface area contributed by atoms with Gasteiger partial charge in [-0.05, 0) is 63.4 Å². The molecule has 1 atom stereocenters. The molecule has 6 heteroatoms. The van der Waals surface area contributed by atoms with Gasteiger partial charge in [0.05, 0.1) is 28.0 Å². The van der Waals surface area contributed by atoms with Gasteiger partial charge < -0.3 is 4.90 Å². The van der Waals surface area contributed by atoms with Crippen LogP contribution in [0.4, 0.5) is 0 Å². The van der Waals surface area contributed by atoms with Crippen LogP contribution in [0.2, 0.25) is 0 Å². The number of benzene rings is 2. The highest BCUT2D eigenvalue weighted by Crippen LogP contribution is 2.29. The summed E-state index contributed by atoms with van der Waals surface area (Å²) in [5, 5.41) is 0.553. The van der Waals surface area contributed by atoms with Crippen molar-refractivity contribution in [3.63, 3.8) is 0 Å². The van der Waals surface area contributed by atoms with Crippen LogP contribution in [0.1, 0.15) is 58.5 Å². The van der Waals surface area contributed by atoms with Crippen LogP contribution in [-0.4, -0.2) is 32.8 Å². The third-order valence-corrected chi connectivity index (χ3v) is 6.55. The van der Waals surface area contributed by atoms with E-state index in [0.717, 1.165) is 18.5 Å². The molecule has 3 rings (SSSR count). The molecule has 32 heavy (non-hydrogen) atoms. The Morgan fingerprint density at radius 2 is 1.78 bits per heavy atom. The van der Waals surface area contributed by atoms with Gasteiger partial charge in [0.2, 0.25) is 5.91 Å². The monoisotopic (exact) mass is 453 g/mol. The van der Waals surface area contributed by atoms with E-state index in [1.807, 2.05) is 70.2 Å². The number of alkyl halides is 1. The second kappa shape index (κ2) is 9.86. The van der Waals surface area contributed by atoms with Gasteiger partial charge in [-0.25, -0.2) is 4.98 Å². The standard InChI is InChI=1S/C26H32ClN3O2/c1-6-16-29(25(32)26(4,5)17-27)18(3)23-28-22-11-9-8-10-21(22)24(31)30(23)20-14-12-19(7-2)13-15-20/h8-15,18H,6-7,16-17H2,1-5H3. The Morgan fingerprint density at radius 1 is 1.12 bits per heavy atom. The molecule has 170 valence electrons. The lowest BCUT2D eigenvalue weighted by molar-refractivity contribution is -0.141. The number of hydrogen-bond donors (Lipinski definition) is 0. The maximum Gasteiger partial charge on any atom is 0.266 e. The summed E-state index contributed by atoms with van der Waals surface area (Å²) in [5.74, 6) is 0.720. The van der Waals surface area contributed by atoms with Crippen molar-refractivity contribution in [2.24, 2.45) is 5.41 Å². The molecule has 0 aliphatic rings. The molecular formula is C26H32ClN3O2. The van der Waals surface area contributed by atoms with Crippen LogP contribution in [0.5, 0.6) is 0 Å². The maximum absolute atomic E-state index is 13.6. The molecule has 1 amide bonds. The van der Waals surface area contributed by atoms with E-state index < -0.39 is 11.5 Å². The lowest BCUT2D eigenvalue weighted by atomic mass is 9.93. The first-order valence-electron chi connectivity index (χ1n) is 11.2. The number of carbonyl (C=O) groups excluding carboxylic acids is 1. The number of halogens is 1. The first kappa shape index (κ1) is 24.0. The zero-order chi connectivity index (χ0) is 23.5. The topological polar surface area (TPSA) is 55.2 Å². The fourth-order valence-corrected chi connectivity index (χ4v) is 3.97. The molecule has 0 spiro atoms. The number of aromatic nitrogens is 2. The van der Waals surface area contributed by atoms with E-state index in [2.05, 4.69) is 6.92 Å². The summed E-state index contributed by atoms with van der Waals surface area (Å²) in [6.45, 7) is 10.3. The zero-order valence-corrected chi connectivity index (χ0v) is 20.3. The molecule has 0 saturated heterocycles. The fraction of sp³-hybridized carbons (Fsp3) is 0.423. The second-order valence-corrected chi connectivity index (χ2v) is 9.11. The van der Waals surface area contributed by atoms with Crippen molar-refractivity contribution in [2.75, 3.05) is 12.4 Å². The van der Waals surface area contributed by atoms with E-state index in [-0.39, 0.29) is 17.3 Å². The Balaban J connectivity index is 2.25. The molecule has 1 unspecified atom stereocenters. The Morgan fingerprint density at radius 3 is 2.38 bits per heavy atom. The molecule has 5 nitrogen and oxygen atoms in total. The smallest absolute Gasteiger partial charge is 0.266 e. The molecular weight excluding hydrogens is 422 g/mol. The van der Waals surface area contributed by atoms with Gasteiger partial charge in [0.1, 0.15) is 5.82 Å². The molecule has 1 aromatic heterocycles. The van der Waals surface area contributed by atoms with E-state index >= 15 is 0 Å². The molecule has 1 heterocycles. The summed E-state index contributed by atoms with van der Waals surface area (Å²) in [6.07, 6.45) is 1.71. The third-order valence-electron chi connectivity index (χ3n) is 5.88. The molecule has 3 aromatic rings. The van der Waals surface area contributed by atoms with Crippen LogP contribution in [0.25, 0.3) is 16.6 Å². The highest BCUT2D eigenvalue weighted by Gasteiger charge is 2.35. The summed E-state index contributed by atoms with van der Waals surface area (Å²) < 4.78 is 1.65. The number of rotatable bonds is 8. The molecule has 0 bridgehead atoms. The average Bonchev–Trinajstić information content (AvgIpc) is 2.81. The largest absolute Gasteiger partial charge is 0.332 e. The van der Waals surface area contributed by atoms with Crippen LogP contribution in [0, 0.1) is 5.41 Å². The lowest BCUT2D eigenvalue weighted by Crippen LogP contribution is -2.45. The molecule has 0 aliphatic heterocycles. The number of amides is 1. The van der Waals surface area contributed by atoms with Gasteiger partial charge in [0.15, 0.2) is 0 Å². The van der Waals surface area contributed by atoms with E-state index in [1.165, 1.54) is 5.56 Å². The fourth-order valence-electron chi connectivity index (χ4n) is 3.86. The van der Waals surface area contributed by atoms with Gasteiger partial charge in [-0.2, -0.15) is 0 Å². The van der Waals surface area contributed by atoms with E-state index in [9.17, 15) is 9.59 Å². The normalized spacial score (nSPS) is 12.7. The summed E-state index contributed by atoms with van der Waals surface area (Å²) in [5.41, 5.74) is 1.71. The van der Waals surface area contributed by atoms with Gasteiger partial charge >= 0.3 is 0 Å². The van der Waals surface area contributed by atoms with Gasteiger partial charge in [0.25, 0.3) is 5.56 Å². The van der Waals surface area contributed by atoms with Crippen molar-refractivity contribution in [2.45, 2.75) is 53.5 Å². The third kappa shape index (κ3) is 4.58. The summed E-state index contributed by atoms with van der Waals surface area (Å²) in [6, 6.07) is 14.9. The van der Waals surface area contributed by atoms with Crippen LogP contribution in [0.15, 0.2) is 53.3 Å². The number of carbonyl (C=O) groups is 1. The maximum atomic E-state index is 13.6. The average molecular weight is 454 g/mol. The first-order chi connectivity index (χ1) is 15.2.